The average Bonchev–Trinajstić information content (AvgIpc) is 2.70. The smallest absolute Gasteiger partial charge is 0.335 e. The Hall–Kier alpha value is -2.63. The van der Waals surface area contributed by atoms with Gasteiger partial charge in [-0.05, 0) is 32.0 Å². The number of nitrogens with one attached hydrogen (secondary N) is 1. The number of amides is 1. The lowest BCUT2D eigenvalue weighted by atomic mass is 10.1. The van der Waals surface area contributed by atoms with Gasteiger partial charge in [0.1, 0.15) is 0 Å². The Labute approximate surface area is 122 Å². The van der Waals surface area contributed by atoms with Crippen LogP contribution in [-0.4, -0.2) is 26.8 Å². The van der Waals surface area contributed by atoms with Gasteiger partial charge in [0.25, 0.3) is 5.91 Å². The van der Waals surface area contributed by atoms with Crippen LogP contribution in [0.15, 0.2) is 24.3 Å². The summed E-state index contributed by atoms with van der Waals surface area (Å²) in [5.74, 6) is -1.36. The lowest BCUT2D eigenvalue weighted by Crippen LogP contribution is -2.23. The third-order valence-corrected chi connectivity index (χ3v) is 3.46. The summed E-state index contributed by atoms with van der Waals surface area (Å²) in [4.78, 5) is 23.0. The molecule has 0 atom stereocenters. The number of hydrogen-bond donors (Lipinski definition) is 2. The van der Waals surface area contributed by atoms with E-state index >= 15 is 0 Å². The molecular weight excluding hydrogens is 270 g/mol. The van der Waals surface area contributed by atoms with Crippen molar-refractivity contribution in [3.63, 3.8) is 0 Å². The van der Waals surface area contributed by atoms with Gasteiger partial charge in [-0.25, -0.2) is 4.79 Å². The number of aromatic carboxylic acids is 1. The molecule has 1 amide bonds. The van der Waals surface area contributed by atoms with Crippen LogP contribution in [0.5, 0.6) is 0 Å². The van der Waals surface area contributed by atoms with Crippen LogP contribution in [0, 0.1) is 13.8 Å². The fraction of sp³-hybridized carbons (Fsp3) is 0.267. The van der Waals surface area contributed by atoms with Crippen molar-refractivity contribution in [1.29, 1.82) is 0 Å². The van der Waals surface area contributed by atoms with Crippen LogP contribution >= 0.6 is 0 Å². The number of carbonyl (C=O) groups is 2. The summed E-state index contributed by atoms with van der Waals surface area (Å²) in [5, 5.41) is 16.0. The maximum Gasteiger partial charge on any atom is 0.335 e. The van der Waals surface area contributed by atoms with E-state index in [-0.39, 0.29) is 11.5 Å². The molecule has 2 N–H and O–H groups in total. The van der Waals surface area contributed by atoms with E-state index in [1.165, 1.54) is 12.1 Å². The topological polar surface area (TPSA) is 84.2 Å². The zero-order chi connectivity index (χ0) is 15.6. The van der Waals surface area contributed by atoms with Crippen molar-refractivity contribution in [2.24, 2.45) is 7.05 Å². The minimum Gasteiger partial charge on any atom is -0.478 e. The van der Waals surface area contributed by atoms with E-state index < -0.39 is 5.97 Å². The van der Waals surface area contributed by atoms with E-state index in [1.807, 2.05) is 20.9 Å². The van der Waals surface area contributed by atoms with E-state index in [1.54, 1.807) is 16.8 Å². The number of carbonyl (C=O) groups excluding carboxylic acids is 1. The molecule has 0 bridgehead atoms. The number of benzene rings is 1. The predicted molar refractivity (Wildman–Crippen MR) is 77.3 cm³/mol. The molecular formula is C15H17N3O3. The highest BCUT2D eigenvalue weighted by Crippen LogP contribution is 2.12. The molecule has 0 aliphatic carbocycles. The first-order valence-corrected chi connectivity index (χ1v) is 6.50. The molecule has 0 saturated heterocycles. The maximum absolute atomic E-state index is 12.1. The summed E-state index contributed by atoms with van der Waals surface area (Å²) < 4.78 is 1.77. The van der Waals surface area contributed by atoms with Crippen molar-refractivity contribution in [1.82, 2.24) is 15.1 Å². The average molecular weight is 287 g/mol. The lowest BCUT2D eigenvalue weighted by Gasteiger charge is -2.06. The second-order valence-electron chi connectivity index (χ2n) is 4.84. The molecule has 0 aliphatic heterocycles. The van der Waals surface area contributed by atoms with E-state index in [2.05, 4.69) is 10.4 Å². The molecule has 2 aromatic rings. The van der Waals surface area contributed by atoms with Gasteiger partial charge in [-0.1, -0.05) is 6.07 Å². The zero-order valence-electron chi connectivity index (χ0n) is 12.2. The Morgan fingerprint density at radius 3 is 2.52 bits per heavy atom. The molecule has 1 aromatic heterocycles. The summed E-state index contributed by atoms with van der Waals surface area (Å²) in [7, 11) is 1.85. The number of nitrogens with zero attached hydrogens (tertiary/aromatic N) is 2. The molecule has 0 radical (unpaired) electrons. The van der Waals surface area contributed by atoms with Crippen molar-refractivity contribution in [2.75, 3.05) is 0 Å². The Balaban J connectivity index is 2.12. The fourth-order valence-electron chi connectivity index (χ4n) is 2.14. The van der Waals surface area contributed by atoms with Crippen molar-refractivity contribution < 1.29 is 14.7 Å². The first-order chi connectivity index (χ1) is 9.90. The highest BCUT2D eigenvalue weighted by molar-refractivity contribution is 5.97. The highest BCUT2D eigenvalue weighted by Gasteiger charge is 2.12. The van der Waals surface area contributed by atoms with Gasteiger partial charge in [0, 0.05) is 30.4 Å². The summed E-state index contributed by atoms with van der Waals surface area (Å²) in [6.45, 7) is 4.19. The van der Waals surface area contributed by atoms with Gasteiger partial charge in [0.05, 0.1) is 11.3 Å². The number of rotatable bonds is 4. The van der Waals surface area contributed by atoms with Gasteiger partial charge in [-0.3, -0.25) is 9.48 Å². The van der Waals surface area contributed by atoms with Crippen LogP contribution in [-0.2, 0) is 13.6 Å². The maximum atomic E-state index is 12.1. The van der Waals surface area contributed by atoms with Crippen LogP contribution in [0.2, 0.25) is 0 Å². The number of aromatic nitrogens is 2. The number of carboxylic acid groups (broad SMARTS) is 1. The molecule has 1 heterocycles. The summed E-state index contributed by atoms with van der Waals surface area (Å²) in [6.07, 6.45) is 0. The number of hydrogen-bond acceptors (Lipinski definition) is 3. The monoisotopic (exact) mass is 287 g/mol. The quantitative estimate of drug-likeness (QED) is 0.895. The van der Waals surface area contributed by atoms with Crippen LogP contribution < -0.4 is 5.32 Å². The molecule has 0 unspecified atom stereocenters. The van der Waals surface area contributed by atoms with E-state index in [4.69, 9.17) is 5.11 Å². The van der Waals surface area contributed by atoms with E-state index in [0.717, 1.165) is 17.0 Å². The Morgan fingerprint density at radius 2 is 1.95 bits per heavy atom. The van der Waals surface area contributed by atoms with Crippen molar-refractivity contribution >= 4 is 11.9 Å². The second kappa shape index (κ2) is 5.78. The minimum atomic E-state index is -1.05. The standard InChI is InChI=1S/C15H17N3O3/c1-9-13(10(2)18(3)17-9)8-16-14(19)11-5-4-6-12(7-11)15(20)21/h4-7H,8H2,1-3H3,(H,16,19)(H,20,21). The third kappa shape index (κ3) is 3.10. The zero-order valence-corrected chi connectivity index (χ0v) is 12.2. The minimum absolute atomic E-state index is 0.0939. The van der Waals surface area contributed by atoms with Crippen LogP contribution in [0.25, 0.3) is 0 Å². The molecule has 110 valence electrons. The molecule has 21 heavy (non-hydrogen) atoms. The molecule has 6 nitrogen and oxygen atoms in total. The van der Waals surface area contributed by atoms with Gasteiger partial charge < -0.3 is 10.4 Å². The summed E-state index contributed by atoms with van der Waals surface area (Å²) in [5.41, 5.74) is 3.26. The van der Waals surface area contributed by atoms with E-state index in [0.29, 0.717) is 12.1 Å². The first kappa shape index (κ1) is 14.8. The number of carboxylic acids is 1. The van der Waals surface area contributed by atoms with Crippen LogP contribution in [0.3, 0.4) is 0 Å². The van der Waals surface area contributed by atoms with E-state index in [9.17, 15) is 9.59 Å². The Kier molecular flexibility index (Phi) is 4.07. The van der Waals surface area contributed by atoms with Gasteiger partial charge in [0.15, 0.2) is 0 Å². The summed E-state index contributed by atoms with van der Waals surface area (Å²) >= 11 is 0. The molecule has 0 fully saturated rings. The number of aryl methyl sites for hydroxylation is 2. The molecule has 0 aliphatic rings. The van der Waals surface area contributed by atoms with Crippen molar-refractivity contribution in [3.05, 3.63) is 52.3 Å². The highest BCUT2D eigenvalue weighted by atomic mass is 16.4. The molecule has 0 saturated carbocycles. The lowest BCUT2D eigenvalue weighted by molar-refractivity contribution is 0.0697. The second-order valence-corrected chi connectivity index (χ2v) is 4.84. The predicted octanol–water partition coefficient (Wildman–Crippen LogP) is 1.67. The normalized spacial score (nSPS) is 10.4. The first-order valence-electron chi connectivity index (χ1n) is 6.50. The van der Waals surface area contributed by atoms with Gasteiger partial charge >= 0.3 is 5.97 Å². The third-order valence-electron chi connectivity index (χ3n) is 3.46. The molecule has 2 rings (SSSR count). The van der Waals surface area contributed by atoms with Gasteiger partial charge in [-0.15, -0.1) is 0 Å². The van der Waals surface area contributed by atoms with Crippen molar-refractivity contribution in [3.8, 4) is 0 Å². The Bertz CT molecular complexity index is 704. The van der Waals surface area contributed by atoms with Crippen LogP contribution in [0.4, 0.5) is 0 Å². The SMILES string of the molecule is Cc1nn(C)c(C)c1CNC(=O)c1cccc(C(=O)O)c1. The summed E-state index contributed by atoms with van der Waals surface area (Å²) in [6, 6.07) is 5.96. The largest absolute Gasteiger partial charge is 0.478 e. The fourth-order valence-corrected chi connectivity index (χ4v) is 2.14. The molecule has 1 aromatic carbocycles. The van der Waals surface area contributed by atoms with Crippen LogP contribution in [0.1, 0.15) is 37.7 Å². The molecule has 6 heteroatoms. The molecule has 0 spiro atoms. The van der Waals surface area contributed by atoms with Gasteiger partial charge in [0.2, 0.25) is 0 Å². The van der Waals surface area contributed by atoms with Gasteiger partial charge in [-0.2, -0.15) is 5.10 Å². The van der Waals surface area contributed by atoms with Crippen molar-refractivity contribution in [2.45, 2.75) is 20.4 Å². The Morgan fingerprint density at radius 1 is 1.29 bits per heavy atom.